The summed E-state index contributed by atoms with van der Waals surface area (Å²) in [6, 6.07) is 22.8. The molecule has 4 aromatic rings. The van der Waals surface area contributed by atoms with Gasteiger partial charge in [-0.1, -0.05) is 48.2 Å². The highest BCUT2D eigenvalue weighted by Gasteiger charge is 2.17. The van der Waals surface area contributed by atoms with Gasteiger partial charge >= 0.3 is 0 Å². The second-order valence-corrected chi connectivity index (χ2v) is 7.48. The lowest BCUT2D eigenvalue weighted by molar-refractivity contribution is -0.118. The van der Waals surface area contributed by atoms with Crippen LogP contribution in [0.1, 0.15) is 5.69 Å². The molecule has 0 unspecified atom stereocenters. The number of nitrogens with one attached hydrogen (secondary N) is 1. The molecular formula is C23H20N6O2S. The third-order valence-electron chi connectivity index (χ3n) is 4.40. The number of methoxy groups -OCH3 is 1. The van der Waals surface area contributed by atoms with Crippen molar-refractivity contribution in [3.8, 4) is 22.8 Å². The fourth-order valence-electron chi connectivity index (χ4n) is 2.89. The second-order valence-electron chi connectivity index (χ2n) is 6.54. The van der Waals surface area contributed by atoms with Crippen LogP contribution in [-0.4, -0.2) is 44.7 Å². The Labute approximate surface area is 189 Å². The van der Waals surface area contributed by atoms with Gasteiger partial charge in [-0.05, 0) is 36.4 Å². The van der Waals surface area contributed by atoms with Gasteiger partial charge in [0, 0.05) is 17.4 Å². The van der Waals surface area contributed by atoms with Gasteiger partial charge in [0.15, 0.2) is 11.0 Å². The molecule has 1 amide bonds. The van der Waals surface area contributed by atoms with Gasteiger partial charge in [0.05, 0.1) is 24.8 Å². The SMILES string of the molecule is COc1ccc(-n2c(SCC(=O)N/N=C\c3ccccn3)nnc2-c2ccccc2)cc1. The predicted octanol–water partition coefficient (Wildman–Crippen LogP) is 3.58. The number of benzene rings is 2. The molecular weight excluding hydrogens is 424 g/mol. The number of thioether (sulfide) groups is 1. The summed E-state index contributed by atoms with van der Waals surface area (Å²) < 4.78 is 7.18. The molecule has 1 N–H and O–H groups in total. The van der Waals surface area contributed by atoms with E-state index in [-0.39, 0.29) is 11.7 Å². The van der Waals surface area contributed by atoms with Gasteiger partial charge in [-0.2, -0.15) is 5.10 Å². The molecule has 160 valence electrons. The lowest BCUT2D eigenvalue weighted by atomic mass is 10.2. The maximum absolute atomic E-state index is 12.3. The van der Waals surface area contributed by atoms with E-state index >= 15 is 0 Å². The van der Waals surface area contributed by atoms with Crippen LogP contribution in [0.25, 0.3) is 17.1 Å². The van der Waals surface area contributed by atoms with Crippen LogP contribution in [0.3, 0.4) is 0 Å². The minimum atomic E-state index is -0.257. The van der Waals surface area contributed by atoms with E-state index in [1.165, 1.54) is 18.0 Å². The van der Waals surface area contributed by atoms with Crippen LogP contribution >= 0.6 is 11.8 Å². The predicted molar refractivity (Wildman–Crippen MR) is 124 cm³/mol. The molecule has 0 fully saturated rings. The molecule has 8 nitrogen and oxygen atoms in total. The van der Waals surface area contributed by atoms with Gasteiger partial charge in [0.2, 0.25) is 0 Å². The number of hydrazone groups is 1. The molecule has 0 aliphatic rings. The van der Waals surface area contributed by atoms with E-state index in [1.807, 2.05) is 71.3 Å². The number of carbonyl (C=O) groups excluding carboxylic acids is 1. The van der Waals surface area contributed by atoms with E-state index in [0.29, 0.717) is 16.7 Å². The molecule has 0 radical (unpaired) electrons. The molecule has 2 aromatic carbocycles. The minimum absolute atomic E-state index is 0.128. The quantitative estimate of drug-likeness (QED) is 0.254. The summed E-state index contributed by atoms with van der Waals surface area (Å²) in [7, 11) is 1.62. The number of rotatable bonds is 8. The lowest BCUT2D eigenvalue weighted by Crippen LogP contribution is -2.20. The van der Waals surface area contributed by atoms with Gasteiger partial charge in [0.1, 0.15) is 5.75 Å². The van der Waals surface area contributed by atoms with Crippen molar-refractivity contribution in [1.29, 1.82) is 0 Å². The van der Waals surface area contributed by atoms with Crippen molar-refractivity contribution in [3.63, 3.8) is 0 Å². The summed E-state index contributed by atoms with van der Waals surface area (Å²) in [4.78, 5) is 16.4. The van der Waals surface area contributed by atoms with Crippen molar-refractivity contribution in [2.45, 2.75) is 5.16 Å². The van der Waals surface area contributed by atoms with Crippen molar-refractivity contribution in [2.24, 2.45) is 5.10 Å². The minimum Gasteiger partial charge on any atom is -0.497 e. The largest absolute Gasteiger partial charge is 0.497 e. The number of aromatic nitrogens is 4. The first-order chi connectivity index (χ1) is 15.7. The summed E-state index contributed by atoms with van der Waals surface area (Å²) in [6.07, 6.45) is 3.16. The summed E-state index contributed by atoms with van der Waals surface area (Å²) in [5, 5.41) is 13.2. The van der Waals surface area contributed by atoms with Crippen LogP contribution in [0.4, 0.5) is 0 Å². The smallest absolute Gasteiger partial charge is 0.250 e. The van der Waals surface area contributed by atoms with Gasteiger partial charge in [-0.25, -0.2) is 5.43 Å². The molecule has 0 aliphatic heterocycles. The van der Waals surface area contributed by atoms with Gasteiger partial charge < -0.3 is 4.74 Å². The zero-order valence-electron chi connectivity index (χ0n) is 17.3. The molecule has 0 bridgehead atoms. The Bertz CT molecular complexity index is 1190. The van der Waals surface area contributed by atoms with E-state index in [2.05, 4.69) is 25.7 Å². The molecule has 0 spiro atoms. The number of hydrogen-bond acceptors (Lipinski definition) is 7. The Morgan fingerprint density at radius 1 is 1.06 bits per heavy atom. The topological polar surface area (TPSA) is 94.3 Å². The van der Waals surface area contributed by atoms with Crippen LogP contribution in [0, 0.1) is 0 Å². The van der Waals surface area contributed by atoms with Crippen molar-refractivity contribution in [2.75, 3.05) is 12.9 Å². The van der Waals surface area contributed by atoms with Crippen molar-refractivity contribution in [1.82, 2.24) is 25.2 Å². The molecule has 0 saturated carbocycles. The van der Waals surface area contributed by atoms with E-state index in [0.717, 1.165) is 17.0 Å². The third kappa shape index (κ3) is 5.19. The molecule has 4 rings (SSSR count). The standard InChI is InChI=1S/C23H20N6O2S/c1-31-20-12-10-19(11-13-20)29-22(17-7-3-2-4-8-17)27-28-23(29)32-16-21(30)26-25-15-18-9-5-6-14-24-18/h2-15H,16H2,1H3,(H,26,30)/b25-15-. The number of carbonyl (C=O) groups is 1. The van der Waals surface area contributed by atoms with Crippen molar-refractivity contribution >= 4 is 23.9 Å². The van der Waals surface area contributed by atoms with E-state index in [4.69, 9.17) is 4.74 Å². The van der Waals surface area contributed by atoms with Crippen molar-refractivity contribution < 1.29 is 9.53 Å². The molecule has 9 heteroatoms. The molecule has 2 heterocycles. The Morgan fingerprint density at radius 3 is 2.56 bits per heavy atom. The van der Waals surface area contributed by atoms with Gasteiger partial charge in [0.25, 0.3) is 5.91 Å². The molecule has 0 saturated heterocycles. The maximum Gasteiger partial charge on any atom is 0.250 e. The van der Waals surface area contributed by atoms with Crippen LogP contribution in [0.5, 0.6) is 5.75 Å². The number of pyridine rings is 1. The summed E-state index contributed by atoms with van der Waals surface area (Å²) >= 11 is 1.28. The van der Waals surface area contributed by atoms with Gasteiger partial charge in [-0.3, -0.25) is 14.3 Å². The van der Waals surface area contributed by atoms with E-state index < -0.39 is 0 Å². The third-order valence-corrected chi connectivity index (χ3v) is 5.33. The zero-order chi connectivity index (χ0) is 22.2. The highest BCUT2D eigenvalue weighted by Crippen LogP contribution is 2.28. The Kier molecular flexibility index (Phi) is 6.88. The van der Waals surface area contributed by atoms with Crippen LogP contribution in [-0.2, 0) is 4.79 Å². The fourth-order valence-corrected chi connectivity index (χ4v) is 3.63. The van der Waals surface area contributed by atoms with Crippen LogP contribution in [0.15, 0.2) is 89.3 Å². The average molecular weight is 445 g/mol. The number of amides is 1. The first kappa shape index (κ1) is 21.3. The molecule has 0 aliphatic carbocycles. The number of hydrogen-bond donors (Lipinski definition) is 1. The van der Waals surface area contributed by atoms with E-state index in [9.17, 15) is 4.79 Å². The molecule has 32 heavy (non-hydrogen) atoms. The molecule has 0 atom stereocenters. The van der Waals surface area contributed by atoms with Crippen LogP contribution < -0.4 is 10.2 Å². The Hall–Kier alpha value is -3.98. The number of nitrogens with zero attached hydrogens (tertiary/aromatic N) is 5. The number of ether oxygens (including phenoxy) is 1. The molecule has 2 aromatic heterocycles. The lowest BCUT2D eigenvalue weighted by Gasteiger charge is -2.11. The first-order valence-electron chi connectivity index (χ1n) is 9.75. The average Bonchev–Trinajstić information content (AvgIpc) is 3.28. The highest BCUT2D eigenvalue weighted by molar-refractivity contribution is 7.99. The zero-order valence-corrected chi connectivity index (χ0v) is 18.1. The second kappa shape index (κ2) is 10.4. The Balaban J connectivity index is 1.52. The monoisotopic (exact) mass is 444 g/mol. The van der Waals surface area contributed by atoms with Gasteiger partial charge in [-0.15, -0.1) is 10.2 Å². The van der Waals surface area contributed by atoms with Crippen molar-refractivity contribution in [3.05, 3.63) is 84.7 Å². The fraction of sp³-hybridized carbons (Fsp3) is 0.0870. The highest BCUT2D eigenvalue weighted by atomic mass is 32.2. The summed E-state index contributed by atoms with van der Waals surface area (Å²) in [5.74, 6) is 1.31. The maximum atomic E-state index is 12.3. The summed E-state index contributed by atoms with van der Waals surface area (Å²) in [6.45, 7) is 0. The normalized spacial score (nSPS) is 10.9. The van der Waals surface area contributed by atoms with E-state index in [1.54, 1.807) is 19.4 Å². The summed E-state index contributed by atoms with van der Waals surface area (Å²) in [5.41, 5.74) is 4.96. The Morgan fingerprint density at radius 2 is 1.84 bits per heavy atom. The van der Waals surface area contributed by atoms with Crippen LogP contribution in [0.2, 0.25) is 0 Å². The first-order valence-corrected chi connectivity index (χ1v) is 10.7.